The van der Waals surface area contributed by atoms with Gasteiger partial charge in [-0.15, -0.1) is 0 Å². The van der Waals surface area contributed by atoms with Gasteiger partial charge in [0.05, 0.1) is 16.9 Å². The number of aromatic nitrogens is 3. The molecule has 6 heteroatoms. The first-order chi connectivity index (χ1) is 10.6. The van der Waals surface area contributed by atoms with Crippen LogP contribution < -0.4 is 0 Å². The van der Waals surface area contributed by atoms with Crippen molar-refractivity contribution in [1.82, 2.24) is 19.9 Å². The van der Waals surface area contributed by atoms with E-state index in [1.807, 2.05) is 6.92 Å². The van der Waals surface area contributed by atoms with Crippen LogP contribution in [0.2, 0.25) is 0 Å². The lowest BCUT2D eigenvalue weighted by Crippen LogP contribution is -2.45. The van der Waals surface area contributed by atoms with Crippen molar-refractivity contribution >= 4 is 5.91 Å². The van der Waals surface area contributed by atoms with E-state index in [1.165, 1.54) is 6.33 Å². The van der Waals surface area contributed by atoms with Gasteiger partial charge in [0.2, 0.25) is 0 Å². The molecule has 0 radical (unpaired) electrons. The van der Waals surface area contributed by atoms with Crippen LogP contribution in [0.4, 0.5) is 0 Å². The molecule has 0 atom stereocenters. The maximum atomic E-state index is 12.8. The first-order valence-electron chi connectivity index (χ1n) is 7.30. The molecule has 0 unspecified atom stereocenters. The molecule has 0 saturated carbocycles. The molecule has 1 N–H and O–H groups in total. The Balaban J connectivity index is 1.88. The molecular formula is C16H18N4O2. The lowest BCUT2D eigenvalue weighted by atomic mass is 9.93. The van der Waals surface area contributed by atoms with Crippen molar-refractivity contribution in [2.45, 2.75) is 25.4 Å². The molecular weight excluding hydrogens is 280 g/mol. The summed E-state index contributed by atoms with van der Waals surface area (Å²) >= 11 is 0. The summed E-state index contributed by atoms with van der Waals surface area (Å²) in [7, 11) is 0. The number of pyridine rings is 1. The van der Waals surface area contributed by atoms with E-state index in [2.05, 4.69) is 15.0 Å². The van der Waals surface area contributed by atoms with Gasteiger partial charge in [-0.25, -0.2) is 9.97 Å². The lowest BCUT2D eigenvalue weighted by Gasteiger charge is -2.36. The highest BCUT2D eigenvalue weighted by molar-refractivity contribution is 5.99. The highest BCUT2D eigenvalue weighted by atomic mass is 16.3. The molecule has 2 aromatic rings. The van der Waals surface area contributed by atoms with Gasteiger partial charge in [-0.3, -0.25) is 9.78 Å². The number of piperidine rings is 1. The fraction of sp³-hybridized carbons (Fsp3) is 0.375. The van der Waals surface area contributed by atoms with Crippen LogP contribution in [-0.2, 0) is 0 Å². The monoisotopic (exact) mass is 298 g/mol. The first-order valence-corrected chi connectivity index (χ1v) is 7.30. The fourth-order valence-electron chi connectivity index (χ4n) is 2.57. The quantitative estimate of drug-likeness (QED) is 0.909. The van der Waals surface area contributed by atoms with Crippen molar-refractivity contribution in [2.75, 3.05) is 13.1 Å². The van der Waals surface area contributed by atoms with Crippen molar-refractivity contribution in [2.24, 2.45) is 0 Å². The Hall–Kier alpha value is -2.34. The number of carbonyl (C=O) groups excluding carboxylic acids is 1. The second-order valence-electron chi connectivity index (χ2n) is 5.78. The fourth-order valence-corrected chi connectivity index (χ4v) is 2.57. The Morgan fingerprint density at radius 1 is 1.23 bits per heavy atom. The van der Waals surface area contributed by atoms with E-state index in [0.717, 1.165) is 0 Å². The largest absolute Gasteiger partial charge is 0.390 e. The van der Waals surface area contributed by atoms with Crippen LogP contribution >= 0.6 is 0 Å². The summed E-state index contributed by atoms with van der Waals surface area (Å²) in [6.07, 6.45) is 5.89. The van der Waals surface area contributed by atoms with E-state index in [9.17, 15) is 9.90 Å². The smallest absolute Gasteiger partial charge is 0.256 e. The summed E-state index contributed by atoms with van der Waals surface area (Å²) < 4.78 is 0. The van der Waals surface area contributed by atoms with Gasteiger partial charge in [-0.1, -0.05) is 0 Å². The minimum absolute atomic E-state index is 0.0720. The zero-order valence-electron chi connectivity index (χ0n) is 12.4. The SMILES string of the molecule is CC1(O)CCN(C(=O)c2cccnc2-c2ccncn2)CC1. The Kier molecular flexibility index (Phi) is 3.85. The van der Waals surface area contributed by atoms with Crippen LogP contribution in [0.25, 0.3) is 11.4 Å². The van der Waals surface area contributed by atoms with Gasteiger partial charge in [-0.05, 0) is 38.0 Å². The molecule has 0 spiro atoms. The van der Waals surface area contributed by atoms with E-state index < -0.39 is 5.60 Å². The first kappa shape index (κ1) is 14.6. The molecule has 22 heavy (non-hydrogen) atoms. The van der Waals surface area contributed by atoms with Crippen LogP contribution in [0.1, 0.15) is 30.1 Å². The summed E-state index contributed by atoms with van der Waals surface area (Å²) in [5, 5.41) is 10.0. The van der Waals surface area contributed by atoms with Crippen molar-refractivity contribution in [3.05, 3.63) is 42.5 Å². The van der Waals surface area contributed by atoms with Crippen molar-refractivity contribution in [1.29, 1.82) is 0 Å². The Morgan fingerprint density at radius 2 is 2.00 bits per heavy atom. The summed E-state index contributed by atoms with van der Waals surface area (Å²) in [5.74, 6) is -0.0720. The second-order valence-corrected chi connectivity index (χ2v) is 5.78. The number of carbonyl (C=O) groups is 1. The minimum atomic E-state index is -0.679. The molecule has 0 bridgehead atoms. The van der Waals surface area contributed by atoms with Gasteiger partial charge in [0, 0.05) is 25.5 Å². The van der Waals surface area contributed by atoms with Crippen molar-refractivity contribution in [3.8, 4) is 11.4 Å². The molecule has 2 aromatic heterocycles. The van der Waals surface area contributed by atoms with E-state index in [-0.39, 0.29) is 5.91 Å². The second kappa shape index (κ2) is 5.81. The number of hydrogen-bond acceptors (Lipinski definition) is 5. The van der Waals surface area contributed by atoms with Crippen LogP contribution in [0.3, 0.4) is 0 Å². The number of nitrogens with zero attached hydrogens (tertiary/aromatic N) is 4. The van der Waals surface area contributed by atoms with E-state index in [1.54, 1.807) is 35.5 Å². The summed E-state index contributed by atoms with van der Waals surface area (Å²) in [4.78, 5) is 26.9. The Labute approximate surface area is 128 Å². The normalized spacial score (nSPS) is 17.3. The third-order valence-corrected chi connectivity index (χ3v) is 3.99. The average Bonchev–Trinajstić information content (AvgIpc) is 2.55. The maximum Gasteiger partial charge on any atom is 0.256 e. The van der Waals surface area contributed by atoms with E-state index in [4.69, 9.17) is 0 Å². The lowest BCUT2D eigenvalue weighted by molar-refractivity contribution is -0.00201. The molecule has 114 valence electrons. The molecule has 6 nitrogen and oxygen atoms in total. The van der Waals surface area contributed by atoms with Crippen molar-refractivity contribution < 1.29 is 9.90 Å². The van der Waals surface area contributed by atoms with Crippen LogP contribution in [0, 0.1) is 0 Å². The topological polar surface area (TPSA) is 79.2 Å². The van der Waals surface area contributed by atoms with Gasteiger partial charge in [0.15, 0.2) is 0 Å². The summed E-state index contributed by atoms with van der Waals surface area (Å²) in [6, 6.07) is 5.25. The standard InChI is InChI=1S/C16H18N4O2/c1-16(22)5-9-20(10-6-16)15(21)12-3-2-7-18-14(12)13-4-8-17-11-19-13/h2-4,7-8,11,22H,5-6,9-10H2,1H3. The van der Waals surface area contributed by atoms with Gasteiger partial charge in [0.1, 0.15) is 12.0 Å². The highest BCUT2D eigenvalue weighted by Crippen LogP contribution is 2.25. The number of likely N-dealkylation sites (tertiary alicyclic amines) is 1. The number of hydrogen-bond donors (Lipinski definition) is 1. The predicted molar refractivity (Wildman–Crippen MR) is 81.0 cm³/mol. The zero-order valence-corrected chi connectivity index (χ0v) is 12.4. The molecule has 1 aliphatic rings. The van der Waals surface area contributed by atoms with Crippen LogP contribution in [-0.4, -0.2) is 49.6 Å². The molecule has 1 aliphatic heterocycles. The van der Waals surface area contributed by atoms with Gasteiger partial charge >= 0.3 is 0 Å². The minimum Gasteiger partial charge on any atom is -0.390 e. The number of aliphatic hydroxyl groups is 1. The van der Waals surface area contributed by atoms with E-state index >= 15 is 0 Å². The molecule has 3 rings (SSSR count). The van der Waals surface area contributed by atoms with Gasteiger partial charge in [-0.2, -0.15) is 0 Å². The third-order valence-electron chi connectivity index (χ3n) is 3.99. The molecule has 3 heterocycles. The molecule has 1 saturated heterocycles. The van der Waals surface area contributed by atoms with Crippen molar-refractivity contribution in [3.63, 3.8) is 0 Å². The number of amides is 1. The molecule has 0 aromatic carbocycles. The molecule has 0 aliphatic carbocycles. The molecule has 1 amide bonds. The maximum absolute atomic E-state index is 12.8. The van der Waals surface area contributed by atoms with Crippen LogP contribution in [0.15, 0.2) is 36.9 Å². The highest BCUT2D eigenvalue weighted by Gasteiger charge is 2.31. The Bertz CT molecular complexity index is 663. The zero-order chi connectivity index (χ0) is 15.6. The van der Waals surface area contributed by atoms with E-state index in [0.29, 0.717) is 42.9 Å². The molecule has 1 fully saturated rings. The predicted octanol–water partition coefficient (Wildman–Crippen LogP) is 1.53. The van der Waals surface area contributed by atoms with Gasteiger partial charge in [0.25, 0.3) is 5.91 Å². The summed E-state index contributed by atoms with van der Waals surface area (Å²) in [5.41, 5.74) is 1.04. The average molecular weight is 298 g/mol. The number of rotatable bonds is 2. The summed E-state index contributed by atoms with van der Waals surface area (Å²) in [6.45, 7) is 2.90. The van der Waals surface area contributed by atoms with Crippen LogP contribution in [0.5, 0.6) is 0 Å². The third kappa shape index (κ3) is 2.96. The Morgan fingerprint density at radius 3 is 2.68 bits per heavy atom. The van der Waals surface area contributed by atoms with Gasteiger partial charge < -0.3 is 10.0 Å².